The molecular formula is C18H25N5O2. The summed E-state index contributed by atoms with van der Waals surface area (Å²) in [5.74, 6) is 0.166. The van der Waals surface area contributed by atoms with E-state index in [0.29, 0.717) is 32.7 Å². The van der Waals surface area contributed by atoms with Crippen LogP contribution in [0.4, 0.5) is 0 Å². The molecule has 0 aromatic carbocycles. The number of hydrogen-bond acceptors (Lipinski definition) is 5. The maximum Gasteiger partial charge on any atom is 0.224 e. The third kappa shape index (κ3) is 5.09. The first kappa shape index (κ1) is 17.5. The number of aromatic nitrogens is 4. The molecule has 1 aliphatic heterocycles. The Morgan fingerprint density at radius 3 is 2.96 bits per heavy atom. The van der Waals surface area contributed by atoms with Crippen LogP contribution in [0.15, 0.2) is 24.7 Å². The highest BCUT2D eigenvalue weighted by Gasteiger charge is 2.24. The Hall–Kier alpha value is -2.28. The van der Waals surface area contributed by atoms with E-state index in [9.17, 15) is 4.79 Å². The summed E-state index contributed by atoms with van der Waals surface area (Å²) < 4.78 is 7.64. The number of morpholine rings is 1. The molecule has 0 N–H and O–H groups in total. The highest BCUT2D eigenvalue weighted by Crippen LogP contribution is 2.13. The normalized spacial score (nSPS) is 17.7. The molecule has 7 nitrogen and oxygen atoms in total. The first-order valence-corrected chi connectivity index (χ1v) is 8.77. The minimum atomic E-state index is 0.0694. The number of amides is 1. The molecule has 0 bridgehead atoms. The maximum atomic E-state index is 12.5. The lowest BCUT2D eigenvalue weighted by Gasteiger charge is -2.33. The molecule has 134 valence electrons. The van der Waals surface area contributed by atoms with E-state index in [1.807, 2.05) is 41.8 Å². The Morgan fingerprint density at radius 1 is 1.32 bits per heavy atom. The van der Waals surface area contributed by atoms with Crippen LogP contribution in [-0.2, 0) is 22.5 Å². The second kappa shape index (κ2) is 8.20. The van der Waals surface area contributed by atoms with Crippen LogP contribution in [0.2, 0.25) is 0 Å². The van der Waals surface area contributed by atoms with Gasteiger partial charge in [-0.2, -0.15) is 5.10 Å². The Bertz CT molecular complexity index is 715. The van der Waals surface area contributed by atoms with Crippen LogP contribution in [0.3, 0.4) is 0 Å². The Morgan fingerprint density at radius 2 is 2.20 bits per heavy atom. The summed E-state index contributed by atoms with van der Waals surface area (Å²) >= 11 is 0. The number of ether oxygens (including phenoxy) is 1. The highest BCUT2D eigenvalue weighted by molar-refractivity contribution is 5.76. The molecule has 0 spiro atoms. The van der Waals surface area contributed by atoms with Crippen molar-refractivity contribution in [2.75, 3.05) is 19.7 Å². The highest BCUT2D eigenvalue weighted by atomic mass is 16.5. The van der Waals surface area contributed by atoms with E-state index in [-0.39, 0.29) is 12.0 Å². The van der Waals surface area contributed by atoms with Crippen molar-refractivity contribution >= 4 is 5.91 Å². The quantitative estimate of drug-likeness (QED) is 0.795. The molecule has 0 saturated carbocycles. The lowest BCUT2D eigenvalue weighted by atomic mass is 10.1. The van der Waals surface area contributed by atoms with Gasteiger partial charge >= 0.3 is 0 Å². The van der Waals surface area contributed by atoms with Crippen molar-refractivity contribution in [2.24, 2.45) is 0 Å². The third-order valence-corrected chi connectivity index (χ3v) is 4.40. The van der Waals surface area contributed by atoms with Crippen molar-refractivity contribution in [1.82, 2.24) is 24.6 Å². The molecule has 25 heavy (non-hydrogen) atoms. The summed E-state index contributed by atoms with van der Waals surface area (Å²) in [5.41, 5.74) is 2.97. The minimum absolute atomic E-state index is 0.0694. The van der Waals surface area contributed by atoms with Gasteiger partial charge in [0.2, 0.25) is 5.91 Å². The predicted molar refractivity (Wildman–Crippen MR) is 93.0 cm³/mol. The van der Waals surface area contributed by atoms with E-state index < -0.39 is 0 Å². The van der Waals surface area contributed by atoms with Gasteiger partial charge in [-0.1, -0.05) is 0 Å². The number of aryl methyl sites for hydroxylation is 4. The molecule has 0 unspecified atom stereocenters. The summed E-state index contributed by atoms with van der Waals surface area (Å²) in [4.78, 5) is 22.8. The van der Waals surface area contributed by atoms with Crippen molar-refractivity contribution in [1.29, 1.82) is 0 Å². The average Bonchev–Trinajstić information content (AvgIpc) is 3.03. The molecule has 0 radical (unpaired) electrons. The Labute approximate surface area is 148 Å². The van der Waals surface area contributed by atoms with Gasteiger partial charge in [0.25, 0.3) is 0 Å². The van der Waals surface area contributed by atoms with E-state index >= 15 is 0 Å². The molecule has 1 saturated heterocycles. The van der Waals surface area contributed by atoms with Crippen LogP contribution in [0, 0.1) is 13.8 Å². The second-order valence-corrected chi connectivity index (χ2v) is 6.49. The first-order valence-electron chi connectivity index (χ1n) is 8.77. The van der Waals surface area contributed by atoms with Gasteiger partial charge in [0.15, 0.2) is 0 Å². The largest absolute Gasteiger partial charge is 0.375 e. The predicted octanol–water partition coefficient (Wildman–Crippen LogP) is 1.54. The van der Waals surface area contributed by atoms with Gasteiger partial charge < -0.3 is 9.64 Å². The van der Waals surface area contributed by atoms with Gasteiger partial charge in [-0.05, 0) is 38.8 Å². The Kier molecular flexibility index (Phi) is 5.75. The fourth-order valence-corrected chi connectivity index (χ4v) is 3.03. The van der Waals surface area contributed by atoms with Crippen molar-refractivity contribution in [3.63, 3.8) is 0 Å². The molecule has 2 aromatic heterocycles. The van der Waals surface area contributed by atoms with Crippen LogP contribution < -0.4 is 0 Å². The van der Waals surface area contributed by atoms with Gasteiger partial charge in [0.05, 0.1) is 18.4 Å². The summed E-state index contributed by atoms with van der Waals surface area (Å²) in [6.07, 6.45) is 5.74. The number of nitrogens with zero attached hydrogens (tertiary/aromatic N) is 5. The van der Waals surface area contributed by atoms with Crippen LogP contribution in [0.25, 0.3) is 0 Å². The zero-order valence-corrected chi connectivity index (χ0v) is 14.9. The van der Waals surface area contributed by atoms with Gasteiger partial charge in [-0.15, -0.1) is 0 Å². The number of hydrogen-bond donors (Lipinski definition) is 0. The standard InChI is InChI=1S/C18H25N5O2/c1-14-5-7-23(21-14)8-6-18(24)22-9-10-25-17(12-22)4-3-16-11-15(2)19-13-20-16/h5,7,11,13,17H,3-4,6,8-10,12H2,1-2H3/t17-/m0/s1. The topological polar surface area (TPSA) is 73.1 Å². The van der Waals surface area contributed by atoms with Gasteiger partial charge in [-0.3, -0.25) is 9.48 Å². The number of rotatable bonds is 6. The van der Waals surface area contributed by atoms with E-state index in [4.69, 9.17) is 4.74 Å². The Balaban J connectivity index is 1.46. The fraction of sp³-hybridized carbons (Fsp3) is 0.556. The summed E-state index contributed by atoms with van der Waals surface area (Å²) in [5, 5.41) is 4.32. The molecule has 1 amide bonds. The average molecular weight is 343 g/mol. The second-order valence-electron chi connectivity index (χ2n) is 6.49. The SMILES string of the molecule is Cc1cc(CC[C@H]2CN(C(=O)CCn3ccc(C)n3)CCO2)ncn1. The van der Waals surface area contributed by atoms with E-state index in [0.717, 1.165) is 29.9 Å². The van der Waals surface area contributed by atoms with Crippen LogP contribution in [-0.4, -0.2) is 56.4 Å². The molecular weight excluding hydrogens is 318 g/mol. The summed E-state index contributed by atoms with van der Waals surface area (Å²) in [6.45, 7) is 6.45. The zero-order valence-electron chi connectivity index (χ0n) is 14.9. The third-order valence-electron chi connectivity index (χ3n) is 4.40. The molecule has 0 aliphatic carbocycles. The lowest BCUT2D eigenvalue weighted by molar-refractivity contribution is -0.139. The maximum absolute atomic E-state index is 12.5. The van der Waals surface area contributed by atoms with Crippen LogP contribution in [0.1, 0.15) is 29.9 Å². The smallest absolute Gasteiger partial charge is 0.224 e. The molecule has 2 aromatic rings. The van der Waals surface area contributed by atoms with Gasteiger partial charge in [0, 0.05) is 43.6 Å². The van der Waals surface area contributed by atoms with Crippen LogP contribution >= 0.6 is 0 Å². The molecule has 3 heterocycles. The van der Waals surface area contributed by atoms with E-state index in [1.165, 1.54) is 0 Å². The molecule has 7 heteroatoms. The zero-order chi connectivity index (χ0) is 17.6. The van der Waals surface area contributed by atoms with Crippen LogP contribution in [0.5, 0.6) is 0 Å². The minimum Gasteiger partial charge on any atom is -0.375 e. The molecule has 1 aliphatic rings. The molecule has 3 rings (SSSR count). The van der Waals surface area contributed by atoms with Gasteiger partial charge in [-0.25, -0.2) is 9.97 Å². The summed E-state index contributed by atoms with van der Waals surface area (Å²) in [6, 6.07) is 3.95. The van der Waals surface area contributed by atoms with Gasteiger partial charge in [0.1, 0.15) is 6.33 Å². The number of carbonyl (C=O) groups excluding carboxylic acids is 1. The van der Waals surface area contributed by atoms with Crippen molar-refractivity contribution < 1.29 is 9.53 Å². The first-order chi connectivity index (χ1) is 12.1. The lowest BCUT2D eigenvalue weighted by Crippen LogP contribution is -2.46. The molecule has 1 fully saturated rings. The number of carbonyl (C=O) groups is 1. The summed E-state index contributed by atoms with van der Waals surface area (Å²) in [7, 11) is 0. The van der Waals surface area contributed by atoms with E-state index in [2.05, 4.69) is 15.1 Å². The van der Waals surface area contributed by atoms with Crippen molar-refractivity contribution in [3.8, 4) is 0 Å². The van der Waals surface area contributed by atoms with Crippen molar-refractivity contribution in [3.05, 3.63) is 41.7 Å². The van der Waals surface area contributed by atoms with Crippen molar-refractivity contribution in [2.45, 2.75) is 45.8 Å². The molecule has 1 atom stereocenters. The fourth-order valence-electron chi connectivity index (χ4n) is 3.03. The monoisotopic (exact) mass is 343 g/mol. The van der Waals surface area contributed by atoms with E-state index in [1.54, 1.807) is 6.33 Å².